The van der Waals surface area contributed by atoms with Gasteiger partial charge in [-0.25, -0.2) is 0 Å². The van der Waals surface area contributed by atoms with Crippen molar-refractivity contribution >= 4 is 50.2 Å². The largest absolute Gasteiger partial charge is 0.370 e. The summed E-state index contributed by atoms with van der Waals surface area (Å²) in [7, 11) is 4.46. The molecular weight excluding hydrogens is 544 g/mol. The highest BCUT2D eigenvalue weighted by Gasteiger charge is 2.45. The van der Waals surface area contributed by atoms with E-state index in [-0.39, 0.29) is 10.8 Å². The summed E-state index contributed by atoms with van der Waals surface area (Å²) in [6.07, 6.45) is 11.2. The average molecular weight is 586 g/mol. The molecule has 0 bridgehead atoms. The van der Waals surface area contributed by atoms with E-state index < -0.39 is 0 Å². The predicted molar refractivity (Wildman–Crippen MR) is 186 cm³/mol. The number of halogens is 1. The fourth-order valence-electron chi connectivity index (χ4n) is 8.37. The van der Waals surface area contributed by atoms with Crippen molar-refractivity contribution in [2.45, 2.75) is 70.3 Å². The Balaban J connectivity index is 1.17. The van der Waals surface area contributed by atoms with Crippen LogP contribution in [0.2, 0.25) is 0 Å². The van der Waals surface area contributed by atoms with Gasteiger partial charge in [-0.15, -0.1) is 0 Å². The molecule has 0 spiro atoms. The van der Waals surface area contributed by atoms with E-state index in [0.29, 0.717) is 6.04 Å². The van der Waals surface area contributed by atoms with E-state index in [9.17, 15) is 0 Å². The van der Waals surface area contributed by atoms with Crippen molar-refractivity contribution in [3.63, 3.8) is 0 Å². The molecule has 218 valence electrons. The summed E-state index contributed by atoms with van der Waals surface area (Å²) in [6, 6.07) is 27.0. The van der Waals surface area contributed by atoms with E-state index in [2.05, 4.69) is 142 Å². The first kappa shape index (κ1) is 28.2. The minimum absolute atomic E-state index is 0.0318. The smallest absolute Gasteiger partial charge is 0.210 e. The number of likely N-dealkylation sites (N-methyl/N-ethyl adjacent to an activating group) is 1. The van der Waals surface area contributed by atoms with Crippen molar-refractivity contribution in [1.29, 1.82) is 0 Å². The maximum Gasteiger partial charge on any atom is 0.210 e. The second kappa shape index (κ2) is 10.2. The summed E-state index contributed by atoms with van der Waals surface area (Å²) in [4.78, 5) is 2.50. The molecule has 0 amide bonds. The maximum absolute atomic E-state index is 7.19. The monoisotopic (exact) mass is 585 g/mol. The normalized spacial score (nSPS) is 22.0. The first-order valence-corrected chi connectivity index (χ1v) is 16.1. The van der Waals surface area contributed by atoms with E-state index in [4.69, 9.17) is 11.6 Å². The van der Waals surface area contributed by atoms with Crippen LogP contribution >= 0.6 is 11.6 Å². The van der Waals surface area contributed by atoms with Gasteiger partial charge in [0.05, 0.1) is 5.41 Å². The summed E-state index contributed by atoms with van der Waals surface area (Å²) in [5, 5.41) is 6.29. The van der Waals surface area contributed by atoms with Crippen LogP contribution in [0, 0.1) is 0 Å². The number of rotatable bonds is 4. The molecule has 43 heavy (non-hydrogen) atoms. The van der Waals surface area contributed by atoms with Gasteiger partial charge in [-0.1, -0.05) is 92.2 Å². The number of hydrogen-bond donors (Lipinski definition) is 0. The van der Waals surface area contributed by atoms with Crippen LogP contribution < -0.4 is 4.90 Å². The number of hydrogen-bond acceptors (Lipinski definition) is 1. The van der Waals surface area contributed by atoms with Crippen LogP contribution in [0.4, 0.5) is 11.4 Å². The van der Waals surface area contributed by atoms with Crippen LogP contribution in [0.1, 0.15) is 64.5 Å². The van der Waals surface area contributed by atoms with Gasteiger partial charge in [-0.2, -0.15) is 4.58 Å². The van der Waals surface area contributed by atoms with Gasteiger partial charge < -0.3 is 4.90 Å². The van der Waals surface area contributed by atoms with Crippen molar-refractivity contribution in [1.82, 2.24) is 0 Å². The van der Waals surface area contributed by atoms with Crippen LogP contribution in [-0.2, 0) is 10.8 Å². The van der Waals surface area contributed by atoms with Crippen LogP contribution in [-0.4, -0.2) is 30.4 Å². The van der Waals surface area contributed by atoms with Gasteiger partial charge in [-0.3, -0.25) is 0 Å². The number of fused-ring (bicyclic) bond motifs is 6. The lowest BCUT2D eigenvalue weighted by atomic mass is 9.77. The Hall–Kier alpha value is -3.62. The molecule has 3 aliphatic rings. The Labute approximate surface area is 261 Å². The summed E-state index contributed by atoms with van der Waals surface area (Å²) in [6.45, 7) is 9.53. The molecule has 2 nitrogen and oxygen atoms in total. The zero-order chi connectivity index (χ0) is 30.1. The van der Waals surface area contributed by atoms with E-state index >= 15 is 0 Å². The van der Waals surface area contributed by atoms with Gasteiger partial charge in [0.25, 0.3) is 0 Å². The SMILES string of the molecule is CN1c2ccc3ccccc3c2C(C)(C)C1C/C=C1\CCCC(/C=C/C2=[N+](C)c3ccc4ccccc4c3C2(C)C)=C1Cl. The topological polar surface area (TPSA) is 6.25 Å². The standard InChI is InChI=1S/C40H42ClN2/c1-39(2)34(42(5)32-22-18-26-12-7-9-16-30(26)36(32)39)24-20-28-14-11-15-29(38(28)41)21-25-35-40(3,4)37-31-17-10-8-13-27(31)19-23-33(37)43(35)6/h7-10,12-13,16-24,35H,11,14-15,25H2,1-6H3/q+1/b24-20+,29-21+. The quantitative estimate of drug-likeness (QED) is 0.216. The number of nitrogens with zero attached hydrogens (tertiary/aromatic N) is 2. The van der Waals surface area contributed by atoms with Gasteiger partial charge in [0.1, 0.15) is 7.05 Å². The van der Waals surface area contributed by atoms with Crippen molar-refractivity contribution in [2.75, 3.05) is 19.0 Å². The Morgan fingerprint density at radius 2 is 1.49 bits per heavy atom. The number of benzene rings is 4. The molecule has 2 aliphatic heterocycles. The molecule has 1 atom stereocenters. The Morgan fingerprint density at radius 3 is 2.21 bits per heavy atom. The van der Waals surface area contributed by atoms with E-state index in [0.717, 1.165) is 30.7 Å². The highest BCUT2D eigenvalue weighted by molar-refractivity contribution is 6.32. The molecular formula is C40H42ClN2+. The molecule has 2 heterocycles. The zero-order valence-corrected chi connectivity index (χ0v) is 27.1. The minimum atomic E-state index is -0.0976. The molecule has 4 aromatic rings. The average Bonchev–Trinajstić information content (AvgIpc) is 3.33. The van der Waals surface area contributed by atoms with Gasteiger partial charge in [0.15, 0.2) is 5.71 Å². The van der Waals surface area contributed by atoms with Gasteiger partial charge in [0, 0.05) is 46.9 Å². The molecule has 0 radical (unpaired) electrons. The molecule has 3 heteroatoms. The molecule has 1 unspecified atom stereocenters. The summed E-state index contributed by atoms with van der Waals surface area (Å²) in [5.41, 5.74) is 9.34. The first-order chi connectivity index (χ1) is 20.6. The molecule has 1 aliphatic carbocycles. The molecule has 7 rings (SSSR count). The van der Waals surface area contributed by atoms with Crippen molar-refractivity contribution in [3.05, 3.63) is 118 Å². The number of allylic oxidation sites excluding steroid dienone is 5. The fourth-order valence-corrected chi connectivity index (χ4v) is 8.70. The second-order valence-corrected chi connectivity index (χ2v) is 14.1. The summed E-state index contributed by atoms with van der Waals surface area (Å²) < 4.78 is 2.37. The zero-order valence-electron chi connectivity index (χ0n) is 26.3. The van der Waals surface area contributed by atoms with E-state index in [1.807, 2.05) is 0 Å². The van der Waals surface area contributed by atoms with Crippen molar-refractivity contribution < 1.29 is 4.58 Å². The van der Waals surface area contributed by atoms with Gasteiger partial charge in [0.2, 0.25) is 5.69 Å². The van der Waals surface area contributed by atoms with Crippen LogP contribution in [0.5, 0.6) is 0 Å². The fraction of sp³-hybridized carbons (Fsp3) is 0.325. The lowest BCUT2D eigenvalue weighted by Gasteiger charge is -2.32. The lowest BCUT2D eigenvalue weighted by molar-refractivity contribution is -0.401. The molecule has 0 aromatic heterocycles. The van der Waals surface area contributed by atoms with Gasteiger partial charge >= 0.3 is 0 Å². The lowest BCUT2D eigenvalue weighted by Crippen LogP contribution is -2.39. The second-order valence-electron chi connectivity index (χ2n) is 13.8. The third-order valence-electron chi connectivity index (χ3n) is 10.6. The molecule has 0 saturated carbocycles. The number of anilines is 1. The maximum atomic E-state index is 7.19. The molecule has 4 aromatic carbocycles. The predicted octanol–water partition coefficient (Wildman–Crippen LogP) is 10.3. The summed E-state index contributed by atoms with van der Waals surface area (Å²) >= 11 is 7.19. The Kier molecular flexibility index (Phi) is 6.71. The van der Waals surface area contributed by atoms with E-state index in [1.165, 1.54) is 60.9 Å². The first-order valence-electron chi connectivity index (χ1n) is 15.8. The third kappa shape index (κ3) is 4.32. The van der Waals surface area contributed by atoms with Crippen LogP contribution in [0.15, 0.2) is 107 Å². The molecule has 0 N–H and O–H groups in total. The minimum Gasteiger partial charge on any atom is -0.370 e. The highest BCUT2D eigenvalue weighted by Crippen LogP contribution is 2.49. The molecule has 0 saturated heterocycles. The highest BCUT2D eigenvalue weighted by atomic mass is 35.5. The van der Waals surface area contributed by atoms with Gasteiger partial charge in [-0.05, 0) is 89.9 Å². The Morgan fingerprint density at radius 1 is 0.837 bits per heavy atom. The molecule has 0 fully saturated rings. The van der Waals surface area contributed by atoms with Crippen molar-refractivity contribution in [3.8, 4) is 0 Å². The van der Waals surface area contributed by atoms with Crippen LogP contribution in [0.25, 0.3) is 21.5 Å². The summed E-state index contributed by atoms with van der Waals surface area (Å²) in [5.74, 6) is 0. The van der Waals surface area contributed by atoms with Crippen molar-refractivity contribution in [2.24, 2.45) is 0 Å². The Bertz CT molecular complexity index is 1920. The van der Waals surface area contributed by atoms with E-state index in [1.54, 1.807) is 0 Å². The third-order valence-corrected chi connectivity index (χ3v) is 11.1. The van der Waals surface area contributed by atoms with Crippen LogP contribution in [0.3, 0.4) is 0 Å².